The van der Waals surface area contributed by atoms with E-state index < -0.39 is 4.92 Å². The van der Waals surface area contributed by atoms with E-state index in [0.29, 0.717) is 6.54 Å². The molecular weight excluding hydrogens is 244 g/mol. The number of nitro benzene ring substituents is 1. The van der Waals surface area contributed by atoms with E-state index >= 15 is 0 Å². The quantitative estimate of drug-likeness (QED) is 0.637. The summed E-state index contributed by atoms with van der Waals surface area (Å²) in [6, 6.07) is 6.57. The largest absolute Gasteiger partial charge is 0.309 e. The Balaban J connectivity index is 1.83. The number of nitrogens with one attached hydrogen (secondary N) is 1. The predicted molar refractivity (Wildman–Crippen MR) is 71.5 cm³/mol. The van der Waals surface area contributed by atoms with E-state index in [-0.39, 0.29) is 5.69 Å². The van der Waals surface area contributed by atoms with Crippen molar-refractivity contribution in [2.75, 3.05) is 0 Å². The standard InChI is InChI=1S/C13H16N4O2/c1-2-16-10-12(9-15-16)8-14-7-11-3-5-13(6-4-11)17(18)19/h3-6,9-10,14H,2,7-8H2,1H3. The maximum absolute atomic E-state index is 10.5. The second-order valence-corrected chi connectivity index (χ2v) is 4.23. The molecule has 6 nitrogen and oxygen atoms in total. The Bertz CT molecular complexity index is 548. The zero-order valence-electron chi connectivity index (χ0n) is 10.7. The molecule has 0 amide bonds. The van der Waals surface area contributed by atoms with E-state index in [2.05, 4.69) is 10.4 Å². The number of benzene rings is 1. The van der Waals surface area contributed by atoms with Gasteiger partial charge in [-0.15, -0.1) is 0 Å². The lowest BCUT2D eigenvalue weighted by Gasteiger charge is -2.03. The van der Waals surface area contributed by atoms with E-state index in [1.807, 2.05) is 24.0 Å². The van der Waals surface area contributed by atoms with Crippen LogP contribution in [0.4, 0.5) is 5.69 Å². The average Bonchev–Trinajstić information content (AvgIpc) is 2.87. The van der Waals surface area contributed by atoms with Gasteiger partial charge >= 0.3 is 0 Å². The minimum atomic E-state index is -0.393. The van der Waals surface area contributed by atoms with Gasteiger partial charge in [-0.3, -0.25) is 14.8 Å². The summed E-state index contributed by atoms with van der Waals surface area (Å²) < 4.78 is 1.88. The third-order valence-corrected chi connectivity index (χ3v) is 2.82. The maximum Gasteiger partial charge on any atom is 0.269 e. The molecule has 6 heteroatoms. The van der Waals surface area contributed by atoms with Crippen LogP contribution in [0.1, 0.15) is 18.1 Å². The molecule has 0 saturated carbocycles. The molecule has 0 spiro atoms. The van der Waals surface area contributed by atoms with Crippen LogP contribution in [0.3, 0.4) is 0 Å². The summed E-state index contributed by atoms with van der Waals surface area (Å²) >= 11 is 0. The Morgan fingerprint density at radius 2 is 1.95 bits per heavy atom. The van der Waals surface area contributed by atoms with E-state index in [0.717, 1.165) is 24.2 Å². The summed E-state index contributed by atoms with van der Waals surface area (Å²) in [5.41, 5.74) is 2.27. The third kappa shape index (κ3) is 3.62. The van der Waals surface area contributed by atoms with Crippen LogP contribution in [0.15, 0.2) is 36.7 Å². The van der Waals surface area contributed by atoms with Crippen molar-refractivity contribution in [2.24, 2.45) is 0 Å². The first kappa shape index (κ1) is 13.2. The molecule has 1 aromatic heterocycles. The lowest BCUT2D eigenvalue weighted by atomic mass is 10.2. The summed E-state index contributed by atoms with van der Waals surface area (Å²) in [6.45, 7) is 4.32. The van der Waals surface area contributed by atoms with E-state index in [1.165, 1.54) is 12.1 Å². The number of aryl methyl sites for hydroxylation is 1. The normalized spacial score (nSPS) is 10.6. The van der Waals surface area contributed by atoms with Crippen molar-refractivity contribution in [2.45, 2.75) is 26.6 Å². The van der Waals surface area contributed by atoms with Gasteiger partial charge in [0.1, 0.15) is 0 Å². The molecule has 0 aliphatic rings. The molecular formula is C13H16N4O2. The second kappa shape index (κ2) is 6.10. The van der Waals surface area contributed by atoms with Gasteiger partial charge in [-0.1, -0.05) is 12.1 Å². The molecule has 2 aromatic rings. The highest BCUT2D eigenvalue weighted by Crippen LogP contribution is 2.11. The van der Waals surface area contributed by atoms with Crippen LogP contribution in [0.5, 0.6) is 0 Å². The highest BCUT2D eigenvalue weighted by Gasteiger charge is 2.03. The van der Waals surface area contributed by atoms with Crippen molar-refractivity contribution < 1.29 is 4.92 Å². The Morgan fingerprint density at radius 3 is 2.53 bits per heavy atom. The van der Waals surface area contributed by atoms with Gasteiger partial charge in [-0.25, -0.2) is 0 Å². The number of non-ortho nitro benzene ring substituents is 1. The third-order valence-electron chi connectivity index (χ3n) is 2.82. The number of nitrogens with zero attached hydrogens (tertiary/aromatic N) is 3. The molecule has 0 saturated heterocycles. The van der Waals surface area contributed by atoms with Gasteiger partial charge in [0.05, 0.1) is 11.1 Å². The van der Waals surface area contributed by atoms with E-state index in [1.54, 1.807) is 12.1 Å². The number of hydrogen-bond acceptors (Lipinski definition) is 4. The monoisotopic (exact) mass is 260 g/mol. The van der Waals surface area contributed by atoms with Crippen molar-refractivity contribution in [3.8, 4) is 0 Å². The first-order valence-corrected chi connectivity index (χ1v) is 6.14. The summed E-state index contributed by atoms with van der Waals surface area (Å²) in [4.78, 5) is 10.1. The fourth-order valence-corrected chi connectivity index (χ4v) is 1.76. The van der Waals surface area contributed by atoms with Crippen LogP contribution >= 0.6 is 0 Å². The number of hydrogen-bond donors (Lipinski definition) is 1. The average molecular weight is 260 g/mol. The van der Waals surface area contributed by atoms with Crippen molar-refractivity contribution >= 4 is 5.69 Å². The van der Waals surface area contributed by atoms with Gasteiger partial charge in [-0.2, -0.15) is 5.10 Å². The fourth-order valence-electron chi connectivity index (χ4n) is 1.76. The Morgan fingerprint density at radius 1 is 1.26 bits per heavy atom. The van der Waals surface area contributed by atoms with E-state index in [9.17, 15) is 10.1 Å². The number of nitro groups is 1. The summed E-state index contributed by atoms with van der Waals surface area (Å²) in [7, 11) is 0. The van der Waals surface area contributed by atoms with Gasteiger partial charge in [0.2, 0.25) is 0 Å². The minimum absolute atomic E-state index is 0.118. The zero-order valence-corrected chi connectivity index (χ0v) is 10.7. The van der Waals surface area contributed by atoms with Gasteiger partial charge in [0, 0.05) is 43.5 Å². The maximum atomic E-state index is 10.5. The molecule has 2 rings (SSSR count). The topological polar surface area (TPSA) is 73.0 Å². The summed E-state index contributed by atoms with van der Waals surface area (Å²) in [5.74, 6) is 0. The first-order chi connectivity index (χ1) is 9.19. The number of rotatable bonds is 6. The van der Waals surface area contributed by atoms with Crippen LogP contribution in [-0.4, -0.2) is 14.7 Å². The van der Waals surface area contributed by atoms with Crippen LogP contribution in [0, 0.1) is 10.1 Å². The minimum Gasteiger partial charge on any atom is -0.309 e. The molecule has 0 fully saturated rings. The molecule has 1 aromatic carbocycles. The molecule has 0 radical (unpaired) electrons. The fraction of sp³-hybridized carbons (Fsp3) is 0.308. The predicted octanol–water partition coefficient (Wildman–Crippen LogP) is 2.10. The lowest BCUT2D eigenvalue weighted by molar-refractivity contribution is -0.384. The lowest BCUT2D eigenvalue weighted by Crippen LogP contribution is -2.12. The molecule has 19 heavy (non-hydrogen) atoms. The smallest absolute Gasteiger partial charge is 0.269 e. The summed E-state index contributed by atoms with van der Waals surface area (Å²) in [6.07, 6.45) is 3.84. The molecule has 0 atom stereocenters. The first-order valence-electron chi connectivity index (χ1n) is 6.14. The molecule has 100 valence electrons. The Hall–Kier alpha value is -2.21. The molecule has 0 aliphatic carbocycles. The van der Waals surface area contributed by atoms with E-state index in [4.69, 9.17) is 0 Å². The molecule has 0 unspecified atom stereocenters. The second-order valence-electron chi connectivity index (χ2n) is 4.23. The van der Waals surface area contributed by atoms with Crippen LogP contribution in [-0.2, 0) is 19.6 Å². The van der Waals surface area contributed by atoms with Crippen LogP contribution < -0.4 is 5.32 Å². The van der Waals surface area contributed by atoms with Crippen molar-refractivity contribution in [3.63, 3.8) is 0 Å². The van der Waals surface area contributed by atoms with Crippen LogP contribution in [0.25, 0.3) is 0 Å². The van der Waals surface area contributed by atoms with Gasteiger partial charge in [-0.05, 0) is 12.5 Å². The molecule has 0 bridgehead atoms. The zero-order chi connectivity index (χ0) is 13.7. The van der Waals surface area contributed by atoms with Gasteiger partial charge in [0.25, 0.3) is 5.69 Å². The van der Waals surface area contributed by atoms with Crippen LogP contribution in [0.2, 0.25) is 0 Å². The SMILES string of the molecule is CCn1cc(CNCc2ccc([N+](=O)[O-])cc2)cn1. The molecule has 1 heterocycles. The summed E-state index contributed by atoms with van der Waals surface area (Å²) in [5, 5.41) is 18.0. The van der Waals surface area contributed by atoms with Gasteiger partial charge < -0.3 is 5.32 Å². The highest BCUT2D eigenvalue weighted by molar-refractivity contribution is 5.32. The number of aromatic nitrogens is 2. The van der Waals surface area contributed by atoms with Crippen molar-refractivity contribution in [3.05, 3.63) is 57.9 Å². The van der Waals surface area contributed by atoms with Crippen molar-refractivity contribution in [1.29, 1.82) is 0 Å². The Labute approximate surface area is 111 Å². The highest BCUT2D eigenvalue weighted by atomic mass is 16.6. The van der Waals surface area contributed by atoms with Gasteiger partial charge in [0.15, 0.2) is 0 Å². The Kier molecular flexibility index (Phi) is 4.25. The molecule has 0 aliphatic heterocycles. The molecule has 1 N–H and O–H groups in total. The van der Waals surface area contributed by atoms with Crippen molar-refractivity contribution in [1.82, 2.24) is 15.1 Å².